The first-order chi connectivity index (χ1) is 13.5. The van der Waals surface area contributed by atoms with E-state index in [0.717, 1.165) is 0 Å². The predicted octanol–water partition coefficient (Wildman–Crippen LogP) is 1.46. The molecule has 0 atom stereocenters. The molecule has 0 saturated carbocycles. The van der Waals surface area contributed by atoms with Crippen LogP contribution in [0.15, 0.2) is 50.6 Å². The second kappa shape index (κ2) is 9.81. The lowest BCUT2D eigenvalue weighted by Gasteiger charge is -2.08. The molecular formula is C19H18N2O7. The number of carbonyl (C=O) groups excluding carboxylic acids is 3. The molecule has 146 valence electrons. The van der Waals surface area contributed by atoms with E-state index in [1.807, 2.05) is 0 Å². The van der Waals surface area contributed by atoms with Crippen LogP contribution in [0.4, 0.5) is 5.69 Å². The molecule has 1 aromatic heterocycles. The molecule has 0 aliphatic rings. The van der Waals surface area contributed by atoms with Crippen LogP contribution in [0.2, 0.25) is 0 Å². The van der Waals surface area contributed by atoms with Crippen LogP contribution in [-0.2, 0) is 20.7 Å². The van der Waals surface area contributed by atoms with E-state index in [4.69, 9.17) is 9.15 Å². The van der Waals surface area contributed by atoms with Crippen molar-refractivity contribution in [1.29, 1.82) is 0 Å². The van der Waals surface area contributed by atoms with E-state index in [0.29, 0.717) is 5.56 Å². The van der Waals surface area contributed by atoms with Gasteiger partial charge in [0.05, 0.1) is 14.2 Å². The van der Waals surface area contributed by atoms with E-state index < -0.39 is 23.5 Å². The van der Waals surface area contributed by atoms with Crippen LogP contribution < -0.4 is 10.9 Å². The molecule has 1 amide bonds. The maximum absolute atomic E-state index is 12.2. The fourth-order valence-electron chi connectivity index (χ4n) is 2.16. The number of methoxy groups -OCH3 is 2. The normalized spacial score (nSPS) is 10.5. The van der Waals surface area contributed by atoms with Crippen LogP contribution in [0.25, 0.3) is 0 Å². The number of ether oxygens (including phenoxy) is 2. The molecule has 0 bridgehead atoms. The lowest BCUT2D eigenvalue weighted by atomic mass is 10.1. The Labute approximate surface area is 160 Å². The van der Waals surface area contributed by atoms with Gasteiger partial charge in [-0.25, -0.2) is 9.59 Å². The Balaban J connectivity index is 2.27. The largest absolute Gasteiger partial charge is 0.468 e. The first kappa shape index (κ1) is 20.6. The molecule has 0 aliphatic carbocycles. The summed E-state index contributed by atoms with van der Waals surface area (Å²) in [5, 5.41) is 2.42. The van der Waals surface area contributed by atoms with Gasteiger partial charge < -0.3 is 19.2 Å². The minimum absolute atomic E-state index is 0.0109. The Morgan fingerprint density at radius 1 is 1.14 bits per heavy atom. The van der Waals surface area contributed by atoms with Crippen molar-refractivity contribution >= 4 is 29.7 Å². The minimum atomic E-state index is -0.840. The number of carbonyl (C=O) groups is 3. The second-order valence-electron chi connectivity index (χ2n) is 5.40. The second-order valence-corrected chi connectivity index (χ2v) is 5.40. The lowest BCUT2D eigenvalue weighted by Crippen LogP contribution is -2.20. The summed E-state index contributed by atoms with van der Waals surface area (Å²) in [4.78, 5) is 51.3. The molecule has 1 heterocycles. The van der Waals surface area contributed by atoms with E-state index in [1.54, 1.807) is 30.3 Å². The smallest absolute Gasteiger partial charge is 0.359 e. The fourth-order valence-corrected chi connectivity index (χ4v) is 2.16. The summed E-state index contributed by atoms with van der Waals surface area (Å²) in [6.07, 6.45) is 1.27. The number of esters is 2. The predicted molar refractivity (Wildman–Crippen MR) is 99.8 cm³/mol. The highest BCUT2D eigenvalue weighted by atomic mass is 16.5. The monoisotopic (exact) mass is 386 g/mol. The van der Waals surface area contributed by atoms with Crippen molar-refractivity contribution in [3.63, 3.8) is 0 Å². The highest BCUT2D eigenvalue weighted by molar-refractivity contribution is 6.04. The molecular weight excluding hydrogens is 368 g/mol. The Kier molecular flexibility index (Phi) is 7.21. The number of anilines is 1. The Morgan fingerprint density at radius 2 is 1.86 bits per heavy atom. The number of benzene rings is 1. The molecule has 0 spiro atoms. The molecule has 0 radical (unpaired) electrons. The molecule has 28 heavy (non-hydrogen) atoms. The summed E-state index contributed by atoms with van der Waals surface area (Å²) in [6, 6.07) is 9.43. The van der Waals surface area contributed by atoms with E-state index in [2.05, 4.69) is 15.0 Å². The number of nitrogens with one attached hydrogen (secondary N) is 1. The van der Waals surface area contributed by atoms with Gasteiger partial charge in [-0.3, -0.25) is 14.6 Å². The topological polar surface area (TPSA) is 124 Å². The van der Waals surface area contributed by atoms with Gasteiger partial charge in [-0.1, -0.05) is 18.2 Å². The molecule has 9 heteroatoms. The molecule has 0 aliphatic heterocycles. The highest BCUT2D eigenvalue weighted by Gasteiger charge is 2.19. The quantitative estimate of drug-likeness (QED) is 0.564. The minimum Gasteiger partial charge on any atom is -0.468 e. The van der Waals surface area contributed by atoms with Crippen molar-refractivity contribution in [3.8, 4) is 0 Å². The average Bonchev–Trinajstić information content (AvgIpc) is 2.72. The van der Waals surface area contributed by atoms with Crippen molar-refractivity contribution in [3.05, 3.63) is 63.7 Å². The first-order valence-electron chi connectivity index (χ1n) is 8.13. The molecule has 1 N–H and O–H groups in total. The standard InChI is InChI=1S/C19H18N2O7/c1-26-16(22)11-20-9-8-15-13(18(24)27-2)10-14(19(25)28-15)21-17(23)12-6-4-3-5-7-12/h3-7,9-10H,8,11H2,1-2H3,(H,21,23). The van der Waals surface area contributed by atoms with Gasteiger partial charge in [0.1, 0.15) is 23.6 Å². The van der Waals surface area contributed by atoms with Crippen LogP contribution in [0.1, 0.15) is 26.5 Å². The molecule has 9 nitrogen and oxygen atoms in total. The van der Waals surface area contributed by atoms with E-state index in [9.17, 15) is 19.2 Å². The third-order valence-electron chi connectivity index (χ3n) is 3.57. The van der Waals surface area contributed by atoms with Gasteiger partial charge in [0.15, 0.2) is 0 Å². The third kappa shape index (κ3) is 5.37. The summed E-state index contributed by atoms with van der Waals surface area (Å²) in [5.41, 5.74) is -0.756. The van der Waals surface area contributed by atoms with E-state index in [-0.39, 0.29) is 30.0 Å². The van der Waals surface area contributed by atoms with Crippen molar-refractivity contribution in [2.45, 2.75) is 6.42 Å². The highest BCUT2D eigenvalue weighted by Crippen LogP contribution is 2.14. The number of nitrogens with zero attached hydrogens (tertiary/aromatic N) is 1. The van der Waals surface area contributed by atoms with Crippen LogP contribution in [-0.4, -0.2) is 44.8 Å². The average molecular weight is 386 g/mol. The van der Waals surface area contributed by atoms with Crippen molar-refractivity contribution < 1.29 is 28.3 Å². The summed E-state index contributed by atoms with van der Waals surface area (Å²) >= 11 is 0. The molecule has 1 aromatic carbocycles. The van der Waals surface area contributed by atoms with Crippen LogP contribution >= 0.6 is 0 Å². The zero-order valence-electron chi connectivity index (χ0n) is 15.3. The number of aliphatic imine (C=N–C) groups is 1. The van der Waals surface area contributed by atoms with Crippen molar-refractivity contribution in [2.75, 3.05) is 26.1 Å². The lowest BCUT2D eigenvalue weighted by molar-refractivity contribution is -0.138. The van der Waals surface area contributed by atoms with Crippen LogP contribution in [0.3, 0.4) is 0 Å². The first-order valence-corrected chi connectivity index (χ1v) is 8.13. The van der Waals surface area contributed by atoms with E-state index >= 15 is 0 Å². The van der Waals surface area contributed by atoms with Crippen LogP contribution in [0.5, 0.6) is 0 Å². The number of hydrogen-bond donors (Lipinski definition) is 1. The van der Waals surface area contributed by atoms with Gasteiger partial charge >= 0.3 is 17.6 Å². The molecule has 0 fully saturated rings. The van der Waals surface area contributed by atoms with Gasteiger partial charge in [0.25, 0.3) is 5.91 Å². The molecule has 2 aromatic rings. The van der Waals surface area contributed by atoms with Gasteiger partial charge in [-0.2, -0.15) is 0 Å². The van der Waals surface area contributed by atoms with Crippen molar-refractivity contribution in [2.24, 2.45) is 4.99 Å². The molecule has 2 rings (SSSR count). The zero-order valence-corrected chi connectivity index (χ0v) is 15.3. The van der Waals surface area contributed by atoms with Crippen LogP contribution in [0, 0.1) is 0 Å². The summed E-state index contributed by atoms with van der Waals surface area (Å²) in [5.74, 6) is -1.83. The fraction of sp³-hybridized carbons (Fsp3) is 0.211. The number of amides is 1. The maximum Gasteiger partial charge on any atom is 0.359 e. The molecule has 0 unspecified atom stereocenters. The SMILES string of the molecule is COC(=O)CN=CCc1oc(=O)c(NC(=O)c2ccccc2)cc1C(=O)OC. The van der Waals surface area contributed by atoms with E-state index in [1.165, 1.54) is 26.5 Å². The van der Waals surface area contributed by atoms with Crippen molar-refractivity contribution in [1.82, 2.24) is 0 Å². The molecule has 0 saturated heterocycles. The number of hydrogen-bond acceptors (Lipinski definition) is 8. The van der Waals surface area contributed by atoms with Gasteiger partial charge in [0.2, 0.25) is 0 Å². The summed E-state index contributed by atoms with van der Waals surface area (Å²) in [7, 11) is 2.40. The zero-order chi connectivity index (χ0) is 20.5. The Bertz CT molecular complexity index is 948. The van der Waals surface area contributed by atoms with Gasteiger partial charge in [-0.05, 0) is 18.2 Å². The third-order valence-corrected chi connectivity index (χ3v) is 3.57. The summed E-state index contributed by atoms with van der Waals surface area (Å²) in [6.45, 7) is -0.209. The summed E-state index contributed by atoms with van der Waals surface area (Å²) < 4.78 is 14.3. The van der Waals surface area contributed by atoms with Gasteiger partial charge in [-0.15, -0.1) is 0 Å². The number of rotatable bonds is 7. The maximum atomic E-state index is 12.2. The Hall–Kier alpha value is -3.75. The van der Waals surface area contributed by atoms with Gasteiger partial charge in [0, 0.05) is 18.2 Å². The Morgan fingerprint density at radius 3 is 2.50 bits per heavy atom.